The Bertz CT molecular complexity index is 854. The normalized spacial score (nSPS) is 11.6. The van der Waals surface area contributed by atoms with Crippen LogP contribution >= 0.6 is 0 Å². The maximum absolute atomic E-state index is 12.8. The third kappa shape index (κ3) is 4.11. The number of ketones is 1. The van der Waals surface area contributed by atoms with Gasteiger partial charge < -0.3 is 20.4 Å². The van der Waals surface area contributed by atoms with E-state index in [1.54, 1.807) is 39.0 Å². The van der Waals surface area contributed by atoms with Gasteiger partial charge in [0.25, 0.3) is 0 Å². The van der Waals surface area contributed by atoms with Crippen LogP contribution in [0, 0.1) is 13.8 Å². The zero-order chi connectivity index (χ0) is 19.4. The number of carbonyl (C=O) groups is 3. The second-order valence-electron chi connectivity index (χ2n) is 6.11. The second kappa shape index (κ2) is 7.86. The molecule has 2 rings (SSSR count). The van der Waals surface area contributed by atoms with Crippen molar-refractivity contribution in [2.45, 2.75) is 33.7 Å². The van der Waals surface area contributed by atoms with Crippen molar-refractivity contribution in [1.82, 2.24) is 4.98 Å². The van der Waals surface area contributed by atoms with Gasteiger partial charge in [-0.15, -0.1) is 0 Å². The third-order valence-corrected chi connectivity index (χ3v) is 4.03. The van der Waals surface area contributed by atoms with Crippen molar-refractivity contribution < 1.29 is 19.1 Å². The molecule has 1 aromatic carbocycles. The average Bonchev–Trinajstić information content (AvgIpc) is 2.87. The molecule has 7 nitrogen and oxygen atoms in total. The van der Waals surface area contributed by atoms with Crippen LogP contribution in [-0.4, -0.2) is 35.8 Å². The number of Topliss-reactive ketones (excluding diaryl/α,β-unsaturated/α-hetero) is 1. The Morgan fingerprint density at radius 2 is 1.81 bits per heavy atom. The number of aromatic nitrogens is 1. The fourth-order valence-corrected chi connectivity index (χ4v) is 2.83. The highest BCUT2D eigenvalue weighted by Gasteiger charge is 2.25. The molecular weight excluding hydrogens is 334 g/mol. The van der Waals surface area contributed by atoms with Crippen LogP contribution in [-0.2, 0) is 9.53 Å². The Morgan fingerprint density at radius 3 is 2.42 bits per heavy atom. The van der Waals surface area contributed by atoms with E-state index in [1.807, 2.05) is 6.07 Å². The number of aryl methyl sites for hydroxylation is 1. The maximum Gasteiger partial charge on any atom is 0.339 e. The molecule has 3 N–H and O–H groups in total. The number of ether oxygens (including phenoxy) is 1. The predicted molar refractivity (Wildman–Crippen MR) is 99.8 cm³/mol. The van der Waals surface area contributed by atoms with Crippen LogP contribution in [0.2, 0.25) is 0 Å². The first-order valence-electron chi connectivity index (χ1n) is 8.20. The molecule has 0 radical (unpaired) electrons. The zero-order valence-corrected chi connectivity index (χ0v) is 15.5. The van der Waals surface area contributed by atoms with Gasteiger partial charge in [-0.05, 0) is 44.5 Å². The quantitative estimate of drug-likeness (QED) is 0.545. The molecular formula is C19H23N3O4. The summed E-state index contributed by atoms with van der Waals surface area (Å²) in [6.07, 6.45) is 0. The summed E-state index contributed by atoms with van der Waals surface area (Å²) in [5, 5.41) is 5.81. The van der Waals surface area contributed by atoms with Crippen molar-refractivity contribution in [3.05, 3.63) is 46.8 Å². The number of hydrogen-bond acceptors (Lipinski definition) is 5. The zero-order valence-electron chi connectivity index (χ0n) is 15.5. The first kappa shape index (κ1) is 19.2. The molecule has 26 heavy (non-hydrogen) atoms. The SMILES string of the molecule is COC(=O)c1c(C)[nH]c(C(=O)[C@H](C)Nc2cccc(NC(C)=O)c2)c1C. The molecule has 1 atom stereocenters. The lowest BCUT2D eigenvalue weighted by molar-refractivity contribution is -0.114. The topological polar surface area (TPSA) is 100 Å². The number of hydrogen-bond donors (Lipinski definition) is 3. The Balaban J connectivity index is 2.21. The fraction of sp³-hybridized carbons (Fsp3) is 0.316. The van der Waals surface area contributed by atoms with Gasteiger partial charge in [-0.1, -0.05) is 6.07 Å². The number of H-pyrrole nitrogens is 1. The van der Waals surface area contributed by atoms with Gasteiger partial charge in [-0.3, -0.25) is 9.59 Å². The summed E-state index contributed by atoms with van der Waals surface area (Å²) in [5.41, 5.74) is 3.27. The average molecular weight is 357 g/mol. The lowest BCUT2D eigenvalue weighted by Gasteiger charge is -2.15. The summed E-state index contributed by atoms with van der Waals surface area (Å²) in [6.45, 7) is 6.61. The number of aromatic amines is 1. The van der Waals surface area contributed by atoms with Crippen molar-refractivity contribution in [2.24, 2.45) is 0 Å². The first-order valence-corrected chi connectivity index (χ1v) is 8.20. The van der Waals surface area contributed by atoms with Gasteiger partial charge in [0.05, 0.1) is 24.4 Å². The lowest BCUT2D eigenvalue weighted by Crippen LogP contribution is -2.27. The van der Waals surface area contributed by atoms with Crippen LogP contribution < -0.4 is 10.6 Å². The minimum Gasteiger partial charge on any atom is -0.465 e. The van der Waals surface area contributed by atoms with Crippen LogP contribution in [0.5, 0.6) is 0 Å². The molecule has 0 spiro atoms. The van der Waals surface area contributed by atoms with Gasteiger partial charge in [0, 0.05) is 24.0 Å². The second-order valence-corrected chi connectivity index (χ2v) is 6.11. The number of rotatable bonds is 6. The molecule has 2 aromatic rings. The summed E-state index contributed by atoms with van der Waals surface area (Å²) in [4.78, 5) is 38.8. The minimum atomic E-state index is -0.537. The van der Waals surface area contributed by atoms with Gasteiger partial charge >= 0.3 is 5.97 Å². The van der Waals surface area contributed by atoms with Crippen LogP contribution in [0.3, 0.4) is 0 Å². The lowest BCUT2D eigenvalue weighted by atomic mass is 10.0. The van der Waals surface area contributed by atoms with Gasteiger partial charge in [0.2, 0.25) is 11.7 Å². The van der Waals surface area contributed by atoms with Gasteiger partial charge in [0.15, 0.2) is 0 Å². The number of esters is 1. The van der Waals surface area contributed by atoms with Crippen molar-refractivity contribution in [3.63, 3.8) is 0 Å². The number of methoxy groups -OCH3 is 1. The maximum atomic E-state index is 12.8. The fourth-order valence-electron chi connectivity index (χ4n) is 2.83. The van der Waals surface area contributed by atoms with Crippen molar-refractivity contribution in [3.8, 4) is 0 Å². The molecule has 0 fully saturated rings. The molecule has 0 unspecified atom stereocenters. The van der Waals surface area contributed by atoms with E-state index in [-0.39, 0.29) is 11.7 Å². The van der Waals surface area contributed by atoms with E-state index in [0.717, 1.165) is 0 Å². The minimum absolute atomic E-state index is 0.167. The summed E-state index contributed by atoms with van der Waals surface area (Å²) in [5.74, 6) is -0.816. The molecule has 1 amide bonds. The number of anilines is 2. The molecule has 1 heterocycles. The van der Waals surface area contributed by atoms with Crippen LogP contribution in [0.4, 0.5) is 11.4 Å². The largest absolute Gasteiger partial charge is 0.465 e. The predicted octanol–water partition coefficient (Wildman–Crippen LogP) is 3.06. The molecule has 1 aromatic heterocycles. The number of amides is 1. The van der Waals surface area contributed by atoms with E-state index in [0.29, 0.717) is 33.9 Å². The number of benzene rings is 1. The van der Waals surface area contributed by atoms with Crippen molar-refractivity contribution in [1.29, 1.82) is 0 Å². The Labute approximate surface area is 152 Å². The molecule has 0 bridgehead atoms. The van der Waals surface area contributed by atoms with E-state index in [4.69, 9.17) is 4.74 Å². The summed E-state index contributed by atoms with van der Waals surface area (Å²) in [7, 11) is 1.31. The van der Waals surface area contributed by atoms with Crippen LogP contribution in [0.1, 0.15) is 46.0 Å². The Hall–Kier alpha value is -3.09. The number of nitrogens with one attached hydrogen (secondary N) is 3. The van der Waals surface area contributed by atoms with Crippen LogP contribution in [0.15, 0.2) is 24.3 Å². The molecule has 0 aliphatic rings. The summed E-state index contributed by atoms with van der Waals surface area (Å²) >= 11 is 0. The Morgan fingerprint density at radius 1 is 1.15 bits per heavy atom. The van der Waals surface area contributed by atoms with E-state index < -0.39 is 12.0 Å². The summed E-state index contributed by atoms with van der Waals surface area (Å²) in [6, 6.07) is 6.56. The van der Waals surface area contributed by atoms with E-state index in [1.165, 1.54) is 14.0 Å². The molecule has 0 aliphatic heterocycles. The van der Waals surface area contributed by atoms with E-state index >= 15 is 0 Å². The van der Waals surface area contributed by atoms with Gasteiger partial charge in [-0.2, -0.15) is 0 Å². The van der Waals surface area contributed by atoms with Crippen molar-refractivity contribution in [2.75, 3.05) is 17.7 Å². The number of carbonyl (C=O) groups excluding carboxylic acids is 3. The molecule has 138 valence electrons. The van der Waals surface area contributed by atoms with E-state index in [2.05, 4.69) is 15.6 Å². The van der Waals surface area contributed by atoms with Gasteiger partial charge in [-0.25, -0.2) is 4.79 Å². The monoisotopic (exact) mass is 357 g/mol. The van der Waals surface area contributed by atoms with Crippen LogP contribution in [0.25, 0.3) is 0 Å². The third-order valence-electron chi connectivity index (χ3n) is 4.03. The van der Waals surface area contributed by atoms with Crippen molar-refractivity contribution >= 4 is 29.0 Å². The molecule has 0 saturated carbocycles. The van der Waals surface area contributed by atoms with E-state index in [9.17, 15) is 14.4 Å². The highest BCUT2D eigenvalue weighted by Crippen LogP contribution is 2.22. The highest BCUT2D eigenvalue weighted by atomic mass is 16.5. The smallest absolute Gasteiger partial charge is 0.339 e. The Kier molecular flexibility index (Phi) is 5.82. The van der Waals surface area contributed by atoms with Gasteiger partial charge in [0.1, 0.15) is 0 Å². The highest BCUT2D eigenvalue weighted by molar-refractivity contribution is 6.04. The standard InChI is InChI=1S/C19H23N3O4/c1-10-16(19(25)26-5)11(2)21-17(10)18(24)12(3)20-14-7-6-8-15(9-14)22-13(4)23/h6-9,12,20-21H,1-5H3,(H,22,23)/t12-/m0/s1. The summed E-state index contributed by atoms with van der Waals surface area (Å²) < 4.78 is 4.77. The first-order chi connectivity index (χ1) is 12.2. The molecule has 0 aliphatic carbocycles. The molecule has 7 heteroatoms. The molecule has 0 saturated heterocycles.